The number of hydrogen-bond donors (Lipinski definition) is 0. The zero-order valence-electron chi connectivity index (χ0n) is 14.1. The minimum atomic E-state index is -1.40. The maximum Gasteiger partial charge on any atom is 0.302 e. The molecule has 0 bridgehead atoms. The normalized spacial score (nSPS) is 20.2. The van der Waals surface area contributed by atoms with Crippen molar-refractivity contribution in [3.8, 4) is 17.2 Å². The van der Waals surface area contributed by atoms with Crippen molar-refractivity contribution >= 4 is 14.0 Å². The van der Waals surface area contributed by atoms with E-state index in [-0.39, 0.29) is 11.4 Å². The molecule has 0 amide bonds. The second-order valence-electron chi connectivity index (χ2n) is 7.15. The van der Waals surface area contributed by atoms with Gasteiger partial charge in [-0.05, 0) is 24.6 Å². The summed E-state index contributed by atoms with van der Waals surface area (Å²) in [4.78, 5) is 11.1. The van der Waals surface area contributed by atoms with Crippen molar-refractivity contribution < 1.29 is 14.3 Å². The van der Waals surface area contributed by atoms with E-state index in [2.05, 4.69) is 44.1 Å². The molecule has 22 heavy (non-hydrogen) atoms. The molecule has 2 rings (SSSR count). The Balaban J connectivity index is 2.35. The minimum Gasteiger partial charge on any atom is -0.493 e. The Hall–Kier alpha value is -1.73. The molecule has 0 aliphatic carbocycles. The predicted molar refractivity (Wildman–Crippen MR) is 90.8 cm³/mol. The van der Waals surface area contributed by atoms with Gasteiger partial charge >= 0.3 is 5.97 Å². The van der Waals surface area contributed by atoms with Crippen molar-refractivity contribution in [2.45, 2.75) is 45.3 Å². The molecule has 118 valence electrons. The minimum absolute atomic E-state index is 0.212. The van der Waals surface area contributed by atoms with Gasteiger partial charge in [-0.15, -0.1) is 5.54 Å². The first-order valence-corrected chi connectivity index (χ1v) is 11.1. The van der Waals surface area contributed by atoms with Crippen molar-refractivity contribution in [3.63, 3.8) is 0 Å². The first kappa shape index (κ1) is 16.6. The van der Waals surface area contributed by atoms with Gasteiger partial charge in [0, 0.05) is 23.5 Å². The summed E-state index contributed by atoms with van der Waals surface area (Å²) in [6.45, 7) is 11.3. The quantitative estimate of drug-likeness (QED) is 0.476. The highest BCUT2D eigenvalue weighted by Crippen LogP contribution is 2.39. The van der Waals surface area contributed by atoms with Gasteiger partial charge in [0.25, 0.3) is 0 Å². The molecule has 1 unspecified atom stereocenters. The molecule has 1 aliphatic rings. The number of esters is 1. The van der Waals surface area contributed by atoms with Gasteiger partial charge in [0.15, 0.2) is 0 Å². The smallest absolute Gasteiger partial charge is 0.302 e. The summed E-state index contributed by atoms with van der Waals surface area (Å²) in [5.74, 6) is 3.91. The van der Waals surface area contributed by atoms with Crippen LogP contribution in [0, 0.1) is 11.5 Å². The summed E-state index contributed by atoms with van der Waals surface area (Å²) < 4.78 is 11.0. The number of carbonyl (C=O) groups excluding carboxylic acids is 1. The van der Waals surface area contributed by atoms with Crippen LogP contribution in [0.15, 0.2) is 18.2 Å². The van der Waals surface area contributed by atoms with Crippen LogP contribution in [0.5, 0.6) is 5.75 Å². The largest absolute Gasteiger partial charge is 0.493 e. The maximum absolute atomic E-state index is 11.1. The summed E-state index contributed by atoms with van der Waals surface area (Å²) in [6.07, 6.45) is 0.832. The molecule has 4 heteroatoms. The molecule has 1 aliphatic heterocycles. The van der Waals surface area contributed by atoms with Crippen LogP contribution in [-0.4, -0.2) is 27.3 Å². The lowest BCUT2D eigenvalue weighted by molar-refractivity contribution is -0.143. The SMILES string of the molecule is CC(=O)OCC1(C)CCOc2ccc(C#C[Si](C)(C)C)cc21. The van der Waals surface area contributed by atoms with E-state index in [1.165, 1.54) is 6.92 Å². The molecule has 3 nitrogen and oxygen atoms in total. The fraction of sp³-hybridized carbons (Fsp3) is 0.500. The van der Waals surface area contributed by atoms with Gasteiger partial charge in [-0.1, -0.05) is 32.5 Å². The topological polar surface area (TPSA) is 35.5 Å². The van der Waals surface area contributed by atoms with E-state index in [0.29, 0.717) is 13.2 Å². The first-order chi connectivity index (χ1) is 10.2. The highest BCUT2D eigenvalue weighted by Gasteiger charge is 2.34. The van der Waals surface area contributed by atoms with Crippen LogP contribution in [0.3, 0.4) is 0 Å². The Labute approximate surface area is 134 Å². The molecule has 0 saturated heterocycles. The Morgan fingerprint density at radius 1 is 1.41 bits per heavy atom. The predicted octanol–water partition coefficient (Wildman–Crippen LogP) is 3.52. The molecule has 0 radical (unpaired) electrons. The van der Waals surface area contributed by atoms with E-state index in [0.717, 1.165) is 23.3 Å². The number of carbonyl (C=O) groups is 1. The van der Waals surface area contributed by atoms with Gasteiger partial charge in [-0.2, -0.15) is 0 Å². The van der Waals surface area contributed by atoms with Crippen molar-refractivity contribution in [1.29, 1.82) is 0 Å². The third-order valence-corrected chi connectivity index (χ3v) is 4.59. The highest BCUT2D eigenvalue weighted by atomic mass is 28.3. The van der Waals surface area contributed by atoms with Crippen LogP contribution in [0.25, 0.3) is 0 Å². The van der Waals surface area contributed by atoms with E-state index >= 15 is 0 Å². The molecule has 1 heterocycles. The summed E-state index contributed by atoms with van der Waals surface area (Å²) >= 11 is 0. The van der Waals surface area contributed by atoms with Gasteiger partial charge in [-0.25, -0.2) is 0 Å². The molecule has 1 aromatic rings. The number of benzene rings is 1. The standard InChI is InChI=1S/C18H24O3Si/c1-14(19)21-13-18(2)9-10-20-17-7-6-15(12-16(17)18)8-11-22(3,4)5/h6-7,12H,9-10,13H2,1-5H3. The molecule has 0 fully saturated rings. The van der Waals surface area contributed by atoms with Gasteiger partial charge in [0.2, 0.25) is 0 Å². The average molecular weight is 316 g/mol. The maximum atomic E-state index is 11.1. The van der Waals surface area contributed by atoms with Crippen LogP contribution >= 0.6 is 0 Å². The Morgan fingerprint density at radius 3 is 2.77 bits per heavy atom. The molecular formula is C18H24O3Si. The monoisotopic (exact) mass is 316 g/mol. The zero-order valence-corrected chi connectivity index (χ0v) is 15.1. The second-order valence-corrected chi connectivity index (χ2v) is 11.9. The summed E-state index contributed by atoms with van der Waals surface area (Å²) in [5, 5.41) is 0. The van der Waals surface area contributed by atoms with E-state index in [4.69, 9.17) is 9.47 Å². The lowest BCUT2D eigenvalue weighted by Gasteiger charge is -2.35. The van der Waals surface area contributed by atoms with E-state index in [9.17, 15) is 4.79 Å². The van der Waals surface area contributed by atoms with Crippen molar-refractivity contribution in [1.82, 2.24) is 0 Å². The fourth-order valence-corrected chi connectivity index (χ4v) is 2.92. The molecule has 1 aromatic carbocycles. The van der Waals surface area contributed by atoms with Crippen LogP contribution in [0.2, 0.25) is 19.6 Å². The molecule has 0 aromatic heterocycles. The molecule has 0 spiro atoms. The van der Waals surface area contributed by atoms with E-state index in [1.54, 1.807) is 0 Å². The van der Waals surface area contributed by atoms with E-state index < -0.39 is 8.07 Å². The van der Waals surface area contributed by atoms with Gasteiger partial charge in [0.05, 0.1) is 6.61 Å². The van der Waals surface area contributed by atoms with Gasteiger partial charge in [-0.3, -0.25) is 4.79 Å². The zero-order chi connectivity index (χ0) is 16.4. The van der Waals surface area contributed by atoms with Gasteiger partial charge < -0.3 is 9.47 Å². The van der Waals surface area contributed by atoms with Crippen molar-refractivity contribution in [2.24, 2.45) is 0 Å². The molecule has 0 N–H and O–H groups in total. The summed E-state index contributed by atoms with van der Waals surface area (Å²) in [7, 11) is -1.40. The van der Waals surface area contributed by atoms with Crippen molar-refractivity contribution in [2.75, 3.05) is 13.2 Å². The Morgan fingerprint density at radius 2 is 2.14 bits per heavy atom. The van der Waals surface area contributed by atoms with Gasteiger partial charge in [0.1, 0.15) is 20.4 Å². The summed E-state index contributed by atoms with van der Waals surface area (Å²) in [5.41, 5.74) is 5.26. The second kappa shape index (κ2) is 6.17. The number of rotatable bonds is 2. The number of hydrogen-bond acceptors (Lipinski definition) is 3. The van der Waals surface area contributed by atoms with Crippen molar-refractivity contribution in [3.05, 3.63) is 29.3 Å². The fourth-order valence-electron chi connectivity index (χ4n) is 2.40. The third kappa shape index (κ3) is 4.14. The van der Waals surface area contributed by atoms with Crippen LogP contribution in [-0.2, 0) is 14.9 Å². The first-order valence-electron chi connectivity index (χ1n) is 7.63. The summed E-state index contributed by atoms with van der Waals surface area (Å²) in [6, 6.07) is 6.07. The third-order valence-electron chi connectivity index (χ3n) is 3.72. The molecule has 0 saturated carbocycles. The number of fused-ring (bicyclic) bond motifs is 1. The molecular weight excluding hydrogens is 292 g/mol. The average Bonchev–Trinajstić information content (AvgIpc) is 2.43. The highest BCUT2D eigenvalue weighted by molar-refractivity contribution is 6.83. The lowest BCUT2D eigenvalue weighted by atomic mass is 9.78. The Bertz CT molecular complexity index is 634. The molecule has 1 atom stereocenters. The van der Waals surface area contributed by atoms with E-state index in [1.807, 2.05) is 12.1 Å². The van der Waals surface area contributed by atoms with Crippen LogP contribution < -0.4 is 4.74 Å². The van der Waals surface area contributed by atoms with Crippen LogP contribution in [0.4, 0.5) is 0 Å². The van der Waals surface area contributed by atoms with Crippen LogP contribution in [0.1, 0.15) is 31.4 Å². The lowest BCUT2D eigenvalue weighted by Crippen LogP contribution is -2.35. The Kier molecular flexibility index (Phi) is 4.67. The number of ether oxygens (including phenoxy) is 2.